The van der Waals surface area contributed by atoms with Crippen molar-refractivity contribution in [3.8, 4) is 0 Å². The fourth-order valence-corrected chi connectivity index (χ4v) is 2.70. The number of rotatable bonds is 3. The lowest BCUT2D eigenvalue weighted by Crippen LogP contribution is -2.44. The van der Waals surface area contributed by atoms with Gasteiger partial charge in [0.2, 0.25) is 0 Å². The number of nitrogens with two attached hydrogens (primary N) is 1. The Morgan fingerprint density at radius 1 is 1.33 bits per heavy atom. The summed E-state index contributed by atoms with van der Waals surface area (Å²) in [5.41, 5.74) is 6.39. The Morgan fingerprint density at radius 3 is 2.89 bits per heavy atom. The summed E-state index contributed by atoms with van der Waals surface area (Å²) in [4.78, 5) is 14.2. The normalized spacial score (nSPS) is 25.2. The molecule has 100 valence electrons. The Kier molecular flexibility index (Phi) is 4.07. The van der Waals surface area contributed by atoms with Gasteiger partial charge in [-0.1, -0.05) is 6.92 Å². The van der Waals surface area contributed by atoms with E-state index in [4.69, 9.17) is 5.73 Å². The van der Waals surface area contributed by atoms with Crippen LogP contribution >= 0.6 is 0 Å². The van der Waals surface area contributed by atoms with Crippen LogP contribution in [-0.2, 0) is 6.54 Å². The van der Waals surface area contributed by atoms with Gasteiger partial charge in [-0.25, -0.2) is 0 Å². The van der Waals surface area contributed by atoms with E-state index < -0.39 is 0 Å². The summed E-state index contributed by atoms with van der Waals surface area (Å²) in [5.74, 6) is 0.747. The van der Waals surface area contributed by atoms with Crippen molar-refractivity contribution in [3.63, 3.8) is 0 Å². The van der Waals surface area contributed by atoms with Crippen molar-refractivity contribution < 1.29 is 0 Å². The molecule has 2 rings (SSSR count). The zero-order valence-electron chi connectivity index (χ0n) is 11.3. The van der Waals surface area contributed by atoms with Gasteiger partial charge in [-0.2, -0.15) is 0 Å². The molecule has 1 saturated heterocycles. The molecule has 0 aromatic carbocycles. The first-order valence-corrected chi connectivity index (χ1v) is 6.78. The summed E-state index contributed by atoms with van der Waals surface area (Å²) < 4.78 is 1.71. The van der Waals surface area contributed by atoms with E-state index in [2.05, 4.69) is 18.7 Å². The third kappa shape index (κ3) is 2.93. The smallest absolute Gasteiger partial charge is 0.250 e. The summed E-state index contributed by atoms with van der Waals surface area (Å²) in [6, 6.07) is 3.80. The molecule has 0 amide bonds. The van der Waals surface area contributed by atoms with E-state index in [1.165, 1.54) is 18.9 Å². The first kappa shape index (κ1) is 13.1. The molecule has 2 atom stereocenters. The van der Waals surface area contributed by atoms with Crippen LogP contribution in [0.3, 0.4) is 0 Å². The average molecular weight is 249 g/mol. The first-order valence-electron chi connectivity index (χ1n) is 6.78. The largest absolute Gasteiger partial charge is 0.398 e. The van der Waals surface area contributed by atoms with Gasteiger partial charge in [-0.05, 0) is 38.3 Å². The van der Waals surface area contributed by atoms with Crippen LogP contribution in [0.2, 0.25) is 0 Å². The van der Waals surface area contributed by atoms with Crippen molar-refractivity contribution >= 4 is 5.69 Å². The van der Waals surface area contributed by atoms with Crippen molar-refractivity contribution in [1.29, 1.82) is 0 Å². The van der Waals surface area contributed by atoms with Crippen LogP contribution in [0.4, 0.5) is 5.69 Å². The highest BCUT2D eigenvalue weighted by molar-refractivity contribution is 5.33. The second kappa shape index (κ2) is 5.57. The predicted octanol–water partition coefficient (Wildman–Crippen LogP) is 1.55. The lowest BCUT2D eigenvalue weighted by molar-refractivity contribution is 0.109. The summed E-state index contributed by atoms with van der Waals surface area (Å²) in [6.07, 6.45) is 4.31. The molecule has 1 aromatic rings. The van der Waals surface area contributed by atoms with E-state index in [1.54, 1.807) is 16.8 Å². The minimum atomic E-state index is 0.0295. The molecule has 18 heavy (non-hydrogen) atoms. The number of pyridine rings is 1. The third-order valence-corrected chi connectivity index (χ3v) is 4.14. The molecule has 0 spiro atoms. The van der Waals surface area contributed by atoms with Crippen LogP contribution < -0.4 is 11.3 Å². The first-order chi connectivity index (χ1) is 8.58. The highest BCUT2D eigenvalue weighted by Crippen LogP contribution is 2.22. The summed E-state index contributed by atoms with van der Waals surface area (Å²) in [5, 5.41) is 0. The Labute approximate surface area is 108 Å². The van der Waals surface area contributed by atoms with E-state index in [1.807, 2.05) is 0 Å². The molecule has 0 saturated carbocycles. The second-order valence-electron chi connectivity index (χ2n) is 5.39. The highest BCUT2D eigenvalue weighted by Gasteiger charge is 2.23. The number of nitrogen functional groups attached to an aromatic ring is 1. The zero-order valence-corrected chi connectivity index (χ0v) is 11.3. The number of hydrogen-bond donors (Lipinski definition) is 1. The Balaban J connectivity index is 1.98. The number of aromatic nitrogens is 1. The van der Waals surface area contributed by atoms with Gasteiger partial charge in [0.05, 0.1) is 0 Å². The average Bonchev–Trinajstić information content (AvgIpc) is 2.35. The van der Waals surface area contributed by atoms with Crippen LogP contribution in [0.1, 0.15) is 26.7 Å². The van der Waals surface area contributed by atoms with Crippen molar-refractivity contribution in [2.24, 2.45) is 5.92 Å². The van der Waals surface area contributed by atoms with Crippen LogP contribution in [0.15, 0.2) is 23.1 Å². The molecule has 2 heterocycles. The van der Waals surface area contributed by atoms with Crippen molar-refractivity contribution in [3.05, 3.63) is 28.7 Å². The number of anilines is 1. The Bertz CT molecular complexity index is 455. The molecule has 1 fully saturated rings. The lowest BCUT2D eigenvalue weighted by atomic mass is 9.92. The summed E-state index contributed by atoms with van der Waals surface area (Å²) in [6.45, 7) is 7.38. The molecule has 4 nitrogen and oxygen atoms in total. The maximum absolute atomic E-state index is 11.7. The molecule has 1 aliphatic rings. The van der Waals surface area contributed by atoms with E-state index in [0.29, 0.717) is 11.7 Å². The Morgan fingerprint density at radius 2 is 2.11 bits per heavy atom. The second-order valence-corrected chi connectivity index (χ2v) is 5.39. The maximum Gasteiger partial charge on any atom is 0.250 e. The highest BCUT2D eigenvalue weighted by atomic mass is 16.1. The van der Waals surface area contributed by atoms with Gasteiger partial charge in [-0.3, -0.25) is 9.69 Å². The molecule has 0 bridgehead atoms. The number of hydrogen-bond acceptors (Lipinski definition) is 3. The molecule has 0 radical (unpaired) electrons. The summed E-state index contributed by atoms with van der Waals surface area (Å²) in [7, 11) is 0. The Hall–Kier alpha value is -1.29. The summed E-state index contributed by atoms with van der Waals surface area (Å²) >= 11 is 0. The maximum atomic E-state index is 11.7. The molecule has 4 heteroatoms. The number of piperidine rings is 1. The zero-order chi connectivity index (χ0) is 13.1. The van der Waals surface area contributed by atoms with Crippen molar-refractivity contribution in [1.82, 2.24) is 9.47 Å². The molecule has 2 unspecified atom stereocenters. The van der Waals surface area contributed by atoms with E-state index in [9.17, 15) is 4.79 Å². The topological polar surface area (TPSA) is 51.3 Å². The van der Waals surface area contributed by atoms with Crippen LogP contribution in [-0.4, -0.2) is 28.6 Å². The van der Waals surface area contributed by atoms with Gasteiger partial charge >= 0.3 is 0 Å². The minimum Gasteiger partial charge on any atom is -0.398 e. The van der Waals surface area contributed by atoms with Gasteiger partial charge in [0.1, 0.15) is 0 Å². The standard InChI is InChI=1S/C14H23N3O/c1-11-4-3-7-16(12(11)2)8-9-17-10-13(15)5-6-14(17)18/h5-6,10-12H,3-4,7-9,15H2,1-2H3. The molecule has 1 aromatic heterocycles. The van der Waals surface area contributed by atoms with E-state index in [0.717, 1.165) is 25.6 Å². The van der Waals surface area contributed by atoms with E-state index in [-0.39, 0.29) is 5.56 Å². The van der Waals surface area contributed by atoms with Crippen molar-refractivity contribution in [2.45, 2.75) is 39.3 Å². The van der Waals surface area contributed by atoms with Gasteiger partial charge in [0.25, 0.3) is 5.56 Å². The quantitative estimate of drug-likeness (QED) is 0.884. The van der Waals surface area contributed by atoms with Gasteiger partial charge < -0.3 is 10.3 Å². The van der Waals surface area contributed by atoms with Crippen LogP contribution in [0.25, 0.3) is 0 Å². The van der Waals surface area contributed by atoms with Crippen LogP contribution in [0.5, 0.6) is 0 Å². The van der Waals surface area contributed by atoms with Crippen molar-refractivity contribution in [2.75, 3.05) is 18.8 Å². The fourth-order valence-electron chi connectivity index (χ4n) is 2.70. The number of nitrogens with zero attached hydrogens (tertiary/aromatic N) is 2. The molecule has 0 aliphatic carbocycles. The fraction of sp³-hybridized carbons (Fsp3) is 0.643. The number of likely N-dealkylation sites (tertiary alicyclic amines) is 1. The van der Waals surface area contributed by atoms with Crippen LogP contribution in [0, 0.1) is 5.92 Å². The molecular weight excluding hydrogens is 226 g/mol. The van der Waals surface area contributed by atoms with Gasteiger partial charge in [0, 0.05) is 37.1 Å². The lowest BCUT2D eigenvalue weighted by Gasteiger charge is -2.37. The predicted molar refractivity (Wildman–Crippen MR) is 74.5 cm³/mol. The van der Waals surface area contributed by atoms with E-state index >= 15 is 0 Å². The molecule has 2 N–H and O–H groups in total. The van der Waals surface area contributed by atoms with Gasteiger partial charge in [0.15, 0.2) is 0 Å². The molecular formula is C14H23N3O. The monoisotopic (exact) mass is 249 g/mol. The minimum absolute atomic E-state index is 0.0295. The third-order valence-electron chi connectivity index (χ3n) is 4.14. The van der Waals surface area contributed by atoms with Gasteiger partial charge in [-0.15, -0.1) is 0 Å². The SMILES string of the molecule is CC1CCCN(CCn2cc(N)ccc2=O)C1C. The molecule has 1 aliphatic heterocycles.